The lowest BCUT2D eigenvalue weighted by atomic mass is 10.1. The van der Waals surface area contributed by atoms with E-state index in [2.05, 4.69) is 45.1 Å². The monoisotopic (exact) mass is 448 g/mol. The van der Waals surface area contributed by atoms with Crippen LogP contribution in [0.3, 0.4) is 0 Å². The van der Waals surface area contributed by atoms with E-state index < -0.39 is 17.2 Å². The zero-order valence-corrected chi connectivity index (χ0v) is 17.1. The van der Waals surface area contributed by atoms with Crippen molar-refractivity contribution in [3.63, 3.8) is 0 Å². The number of hydrogen-bond acceptors (Lipinski definition) is 5. The van der Waals surface area contributed by atoms with Crippen LogP contribution in [0.2, 0.25) is 0 Å². The first-order valence-corrected chi connectivity index (χ1v) is 9.81. The number of thiazole rings is 1. The molecule has 0 aliphatic carbocycles. The zero-order chi connectivity index (χ0) is 19.6. The van der Waals surface area contributed by atoms with Gasteiger partial charge >= 0.3 is 5.69 Å². The van der Waals surface area contributed by atoms with Crippen molar-refractivity contribution >= 4 is 38.3 Å². The third-order valence-electron chi connectivity index (χ3n) is 3.75. The van der Waals surface area contributed by atoms with Crippen LogP contribution in [0.15, 0.2) is 50.6 Å². The molecule has 0 unspecified atom stereocenters. The average molecular weight is 449 g/mol. The number of anilines is 1. The van der Waals surface area contributed by atoms with Gasteiger partial charge in [0.25, 0.3) is 5.56 Å². The minimum absolute atomic E-state index is 0.178. The van der Waals surface area contributed by atoms with Gasteiger partial charge in [-0.1, -0.05) is 44.2 Å². The van der Waals surface area contributed by atoms with Crippen molar-refractivity contribution in [3.05, 3.63) is 66.7 Å². The molecule has 1 aromatic carbocycles. The summed E-state index contributed by atoms with van der Waals surface area (Å²) < 4.78 is 1.30. The minimum atomic E-state index is -0.648. The molecule has 9 heteroatoms. The molecule has 7 nitrogen and oxygen atoms in total. The first kappa shape index (κ1) is 19.2. The van der Waals surface area contributed by atoms with Crippen molar-refractivity contribution in [1.82, 2.24) is 14.5 Å². The molecule has 1 amide bonds. The van der Waals surface area contributed by atoms with E-state index in [1.807, 2.05) is 30.3 Å². The van der Waals surface area contributed by atoms with Crippen LogP contribution in [-0.4, -0.2) is 20.4 Å². The molecular weight excluding hydrogens is 432 g/mol. The summed E-state index contributed by atoms with van der Waals surface area (Å²) in [4.78, 5) is 43.3. The fourth-order valence-electron chi connectivity index (χ4n) is 2.49. The maximum Gasteiger partial charge on any atom is 0.328 e. The van der Waals surface area contributed by atoms with E-state index in [9.17, 15) is 14.4 Å². The Labute approximate surface area is 167 Å². The quantitative estimate of drug-likeness (QED) is 0.626. The average Bonchev–Trinajstić information content (AvgIpc) is 3.04. The molecule has 0 spiro atoms. The van der Waals surface area contributed by atoms with Crippen molar-refractivity contribution < 1.29 is 4.79 Å². The number of amides is 1. The normalized spacial score (nSPS) is 11.0. The van der Waals surface area contributed by atoms with Gasteiger partial charge in [-0.25, -0.2) is 9.78 Å². The highest BCUT2D eigenvalue weighted by Gasteiger charge is 2.17. The third-order valence-corrected chi connectivity index (χ3v) is 5.59. The van der Waals surface area contributed by atoms with Gasteiger partial charge in [-0.3, -0.25) is 19.1 Å². The molecule has 0 aliphatic heterocycles. The molecule has 0 radical (unpaired) electrons. The van der Waals surface area contributed by atoms with Crippen LogP contribution < -0.4 is 16.6 Å². The largest absolute Gasteiger partial charge is 0.328 e. The zero-order valence-electron chi connectivity index (χ0n) is 14.7. The Balaban J connectivity index is 1.84. The van der Waals surface area contributed by atoms with Crippen molar-refractivity contribution in [2.75, 3.05) is 5.32 Å². The lowest BCUT2D eigenvalue weighted by molar-refractivity contribution is -0.116. The number of aromatic nitrogens is 3. The molecule has 0 saturated heterocycles. The number of nitrogens with zero attached hydrogens (tertiary/aromatic N) is 2. The topological polar surface area (TPSA) is 96.9 Å². The predicted molar refractivity (Wildman–Crippen MR) is 109 cm³/mol. The summed E-state index contributed by atoms with van der Waals surface area (Å²) in [5.74, 6) is -0.152. The summed E-state index contributed by atoms with van der Waals surface area (Å²) in [6.45, 7) is 3.91. The predicted octanol–water partition coefficient (Wildman–Crippen LogP) is 3.18. The highest BCUT2D eigenvalue weighted by atomic mass is 79.9. The highest BCUT2D eigenvalue weighted by Crippen LogP contribution is 2.36. The van der Waals surface area contributed by atoms with E-state index in [0.29, 0.717) is 5.13 Å². The number of aromatic amines is 1. The lowest BCUT2D eigenvalue weighted by Crippen LogP contribution is -2.33. The summed E-state index contributed by atoms with van der Waals surface area (Å²) >= 11 is 4.46. The van der Waals surface area contributed by atoms with Gasteiger partial charge in [0.1, 0.15) is 6.54 Å². The van der Waals surface area contributed by atoms with Crippen LogP contribution in [0.25, 0.3) is 11.3 Å². The van der Waals surface area contributed by atoms with Gasteiger partial charge in [0, 0.05) is 16.6 Å². The number of benzene rings is 1. The Morgan fingerprint density at radius 3 is 2.67 bits per heavy atom. The number of hydrogen-bond donors (Lipinski definition) is 2. The van der Waals surface area contributed by atoms with Crippen LogP contribution in [0, 0.1) is 0 Å². The number of halogens is 1. The Morgan fingerprint density at radius 1 is 1.30 bits per heavy atom. The van der Waals surface area contributed by atoms with E-state index in [-0.39, 0.29) is 16.9 Å². The second kappa shape index (κ2) is 8.01. The Kier molecular flexibility index (Phi) is 5.71. The van der Waals surface area contributed by atoms with Crippen molar-refractivity contribution in [1.29, 1.82) is 0 Å². The summed E-state index contributed by atoms with van der Waals surface area (Å²) in [7, 11) is 0. The minimum Gasteiger partial charge on any atom is -0.300 e. The van der Waals surface area contributed by atoms with Crippen molar-refractivity contribution in [3.8, 4) is 11.3 Å². The van der Waals surface area contributed by atoms with Crippen LogP contribution in [-0.2, 0) is 11.3 Å². The van der Waals surface area contributed by atoms with Crippen LogP contribution in [0.4, 0.5) is 5.13 Å². The SMILES string of the molecule is CC(C)c1sc(NC(=O)Cn2cc(Br)c(=O)[nH]c2=O)nc1-c1ccccc1. The van der Waals surface area contributed by atoms with Gasteiger partial charge in [-0.15, -0.1) is 11.3 Å². The molecule has 2 aromatic heterocycles. The molecule has 0 aliphatic rings. The molecule has 27 heavy (non-hydrogen) atoms. The standard InChI is InChI=1S/C18H17BrN4O3S/c1-10(2)15-14(11-6-4-3-5-7-11)21-17(27-15)20-13(24)9-23-8-12(19)16(25)22-18(23)26/h3-8,10H,9H2,1-2H3,(H,20,21,24)(H,22,25,26). The Hall–Kier alpha value is -2.52. The first-order valence-electron chi connectivity index (χ1n) is 8.20. The molecular formula is C18H17BrN4O3S. The molecule has 3 aromatic rings. The summed E-state index contributed by atoms with van der Waals surface area (Å²) in [6.07, 6.45) is 1.29. The summed E-state index contributed by atoms with van der Waals surface area (Å²) in [5, 5.41) is 3.21. The first-order chi connectivity index (χ1) is 12.8. The second-order valence-corrected chi connectivity index (χ2v) is 8.05. The number of nitrogens with one attached hydrogen (secondary N) is 2. The third kappa shape index (κ3) is 4.42. The van der Waals surface area contributed by atoms with Crippen molar-refractivity contribution in [2.24, 2.45) is 0 Å². The highest BCUT2D eigenvalue weighted by molar-refractivity contribution is 9.10. The number of carbonyl (C=O) groups excluding carboxylic acids is 1. The fourth-order valence-corrected chi connectivity index (χ4v) is 3.85. The molecule has 0 saturated carbocycles. The number of carbonyl (C=O) groups is 1. The van der Waals surface area contributed by atoms with Gasteiger partial charge in [0.05, 0.1) is 10.2 Å². The molecule has 2 N–H and O–H groups in total. The van der Waals surface area contributed by atoms with E-state index >= 15 is 0 Å². The van der Waals surface area contributed by atoms with Gasteiger partial charge in [-0.2, -0.15) is 0 Å². The van der Waals surface area contributed by atoms with Crippen molar-refractivity contribution in [2.45, 2.75) is 26.3 Å². The summed E-state index contributed by atoms with van der Waals surface area (Å²) in [6, 6.07) is 9.77. The Bertz CT molecular complexity index is 1090. The lowest BCUT2D eigenvalue weighted by Gasteiger charge is -2.05. The maximum atomic E-state index is 12.3. The van der Waals surface area contributed by atoms with Gasteiger partial charge in [0.15, 0.2) is 5.13 Å². The molecule has 0 bridgehead atoms. The molecule has 0 atom stereocenters. The van der Waals surface area contributed by atoms with Gasteiger partial charge < -0.3 is 5.32 Å². The van der Waals surface area contributed by atoms with E-state index in [0.717, 1.165) is 20.7 Å². The van der Waals surface area contributed by atoms with Crippen LogP contribution >= 0.6 is 27.3 Å². The molecule has 0 fully saturated rings. The maximum absolute atomic E-state index is 12.3. The molecule has 2 heterocycles. The fraction of sp³-hybridized carbons (Fsp3) is 0.222. The van der Waals surface area contributed by atoms with Gasteiger partial charge in [0.2, 0.25) is 5.91 Å². The van der Waals surface area contributed by atoms with E-state index in [1.165, 1.54) is 17.5 Å². The summed E-state index contributed by atoms with van der Waals surface area (Å²) in [5.41, 5.74) is 0.643. The van der Waals surface area contributed by atoms with E-state index in [4.69, 9.17) is 0 Å². The Morgan fingerprint density at radius 2 is 2.00 bits per heavy atom. The van der Waals surface area contributed by atoms with E-state index in [1.54, 1.807) is 0 Å². The van der Waals surface area contributed by atoms with Crippen LogP contribution in [0.5, 0.6) is 0 Å². The second-order valence-electron chi connectivity index (χ2n) is 6.16. The number of H-pyrrole nitrogens is 1. The van der Waals surface area contributed by atoms with Crippen LogP contribution in [0.1, 0.15) is 24.6 Å². The molecule has 3 rings (SSSR count). The van der Waals surface area contributed by atoms with Gasteiger partial charge in [-0.05, 0) is 21.8 Å². The molecule has 140 valence electrons. The smallest absolute Gasteiger partial charge is 0.300 e. The number of rotatable bonds is 5.